The van der Waals surface area contributed by atoms with Gasteiger partial charge in [0, 0.05) is 24.7 Å². The standard InChI is InChI=1S/C15H25ClN4O2S/c1-3-17-15(19-11-12-20-23(21,22)4-2)18-10-9-13-5-7-14(16)8-6-13/h5-8,20H,3-4,9-12H2,1-2H3,(H2,17,18,19). The minimum absolute atomic E-state index is 0.0795. The lowest BCUT2D eigenvalue weighted by atomic mass is 10.1. The Morgan fingerprint density at radius 3 is 2.43 bits per heavy atom. The summed E-state index contributed by atoms with van der Waals surface area (Å²) in [5.74, 6) is 0.757. The molecule has 0 saturated carbocycles. The van der Waals surface area contributed by atoms with Gasteiger partial charge in [0.1, 0.15) is 0 Å². The smallest absolute Gasteiger partial charge is 0.211 e. The summed E-state index contributed by atoms with van der Waals surface area (Å²) in [5, 5.41) is 7.08. The zero-order chi connectivity index (χ0) is 17.1. The third kappa shape index (κ3) is 8.78. The van der Waals surface area contributed by atoms with Crippen molar-refractivity contribution in [1.29, 1.82) is 0 Å². The number of sulfonamides is 1. The number of guanidine groups is 1. The van der Waals surface area contributed by atoms with Crippen LogP contribution in [0, 0.1) is 0 Å². The maximum atomic E-state index is 11.3. The van der Waals surface area contributed by atoms with E-state index in [1.807, 2.05) is 31.2 Å². The third-order valence-corrected chi connectivity index (χ3v) is 4.70. The first-order valence-corrected chi connectivity index (χ1v) is 9.73. The topological polar surface area (TPSA) is 82.6 Å². The molecule has 6 nitrogen and oxygen atoms in total. The van der Waals surface area contributed by atoms with Crippen molar-refractivity contribution in [3.8, 4) is 0 Å². The summed E-state index contributed by atoms with van der Waals surface area (Å²) < 4.78 is 25.1. The maximum absolute atomic E-state index is 11.3. The summed E-state index contributed by atoms with van der Waals surface area (Å²) in [6.07, 6.45) is 0.851. The average molecular weight is 361 g/mol. The summed E-state index contributed by atoms with van der Waals surface area (Å²) in [6, 6.07) is 7.73. The molecule has 0 fully saturated rings. The van der Waals surface area contributed by atoms with Crippen LogP contribution in [0.1, 0.15) is 19.4 Å². The molecular weight excluding hydrogens is 336 g/mol. The van der Waals surface area contributed by atoms with Gasteiger partial charge in [-0.05, 0) is 38.0 Å². The zero-order valence-electron chi connectivity index (χ0n) is 13.6. The second kappa shape index (κ2) is 10.5. The van der Waals surface area contributed by atoms with Crippen LogP contribution in [-0.2, 0) is 16.4 Å². The molecule has 3 N–H and O–H groups in total. The Hall–Kier alpha value is -1.31. The van der Waals surface area contributed by atoms with Crippen molar-refractivity contribution >= 4 is 27.6 Å². The summed E-state index contributed by atoms with van der Waals surface area (Å²) in [4.78, 5) is 4.34. The van der Waals surface area contributed by atoms with Crippen LogP contribution < -0.4 is 15.4 Å². The van der Waals surface area contributed by atoms with Gasteiger partial charge in [-0.2, -0.15) is 0 Å². The molecule has 130 valence electrons. The highest BCUT2D eigenvalue weighted by Gasteiger charge is 2.04. The van der Waals surface area contributed by atoms with Gasteiger partial charge in [-0.25, -0.2) is 13.1 Å². The molecule has 0 aliphatic rings. The largest absolute Gasteiger partial charge is 0.357 e. The molecule has 0 bridgehead atoms. The quantitative estimate of drug-likeness (QED) is 0.353. The van der Waals surface area contributed by atoms with Crippen molar-refractivity contribution in [2.75, 3.05) is 31.9 Å². The molecule has 0 saturated heterocycles. The number of aliphatic imine (C=N–C) groups is 1. The second-order valence-electron chi connectivity index (χ2n) is 4.86. The van der Waals surface area contributed by atoms with Crippen LogP contribution in [0.2, 0.25) is 5.02 Å². The molecule has 0 unspecified atom stereocenters. The molecular formula is C15H25ClN4O2S. The van der Waals surface area contributed by atoms with Gasteiger partial charge in [0.2, 0.25) is 10.0 Å². The number of nitrogens with zero attached hydrogens (tertiary/aromatic N) is 1. The van der Waals surface area contributed by atoms with Crippen molar-refractivity contribution in [3.05, 3.63) is 34.9 Å². The molecule has 1 rings (SSSR count). The van der Waals surface area contributed by atoms with E-state index in [1.54, 1.807) is 6.92 Å². The van der Waals surface area contributed by atoms with Gasteiger partial charge >= 0.3 is 0 Å². The molecule has 23 heavy (non-hydrogen) atoms. The van der Waals surface area contributed by atoms with E-state index < -0.39 is 10.0 Å². The molecule has 0 aromatic heterocycles. The first-order chi connectivity index (χ1) is 11.0. The van der Waals surface area contributed by atoms with E-state index in [0.29, 0.717) is 19.0 Å². The Bertz CT molecular complexity index is 588. The third-order valence-electron chi connectivity index (χ3n) is 3.05. The van der Waals surface area contributed by atoms with Crippen molar-refractivity contribution in [2.24, 2.45) is 4.99 Å². The molecule has 0 spiro atoms. The lowest BCUT2D eigenvalue weighted by molar-refractivity contribution is 0.583. The fourth-order valence-corrected chi connectivity index (χ4v) is 2.52. The zero-order valence-corrected chi connectivity index (χ0v) is 15.2. The highest BCUT2D eigenvalue weighted by molar-refractivity contribution is 7.89. The predicted octanol–water partition coefficient (Wildman–Crippen LogP) is 1.38. The maximum Gasteiger partial charge on any atom is 0.211 e. The lowest BCUT2D eigenvalue weighted by Gasteiger charge is -2.11. The summed E-state index contributed by atoms with van der Waals surface area (Å²) >= 11 is 5.86. The summed E-state index contributed by atoms with van der Waals surface area (Å²) in [7, 11) is -3.16. The Morgan fingerprint density at radius 1 is 1.13 bits per heavy atom. The van der Waals surface area contributed by atoms with Crippen LogP contribution in [0.4, 0.5) is 0 Å². The van der Waals surface area contributed by atoms with Crippen molar-refractivity contribution in [1.82, 2.24) is 15.4 Å². The Labute approximate surface area is 143 Å². The van der Waals surface area contributed by atoms with Gasteiger partial charge in [-0.3, -0.25) is 4.99 Å². The highest BCUT2D eigenvalue weighted by Crippen LogP contribution is 2.09. The molecule has 0 atom stereocenters. The van der Waals surface area contributed by atoms with E-state index in [1.165, 1.54) is 5.56 Å². The number of benzene rings is 1. The normalized spacial score (nSPS) is 12.2. The van der Waals surface area contributed by atoms with Gasteiger partial charge in [-0.15, -0.1) is 0 Å². The second-order valence-corrected chi connectivity index (χ2v) is 7.39. The van der Waals surface area contributed by atoms with E-state index in [2.05, 4.69) is 20.3 Å². The summed E-state index contributed by atoms with van der Waals surface area (Å²) in [6.45, 7) is 5.74. The van der Waals surface area contributed by atoms with Gasteiger partial charge < -0.3 is 10.6 Å². The lowest BCUT2D eigenvalue weighted by Crippen LogP contribution is -2.39. The minimum Gasteiger partial charge on any atom is -0.357 e. The molecule has 1 aromatic carbocycles. The molecule has 0 aliphatic carbocycles. The SMILES string of the molecule is CCNC(=NCCNS(=O)(=O)CC)NCCc1ccc(Cl)cc1. The fourth-order valence-electron chi connectivity index (χ4n) is 1.79. The van der Waals surface area contributed by atoms with E-state index >= 15 is 0 Å². The number of hydrogen-bond donors (Lipinski definition) is 3. The van der Waals surface area contributed by atoms with E-state index in [4.69, 9.17) is 11.6 Å². The van der Waals surface area contributed by atoms with Crippen LogP contribution in [0.15, 0.2) is 29.3 Å². The van der Waals surface area contributed by atoms with Gasteiger partial charge in [0.25, 0.3) is 0 Å². The van der Waals surface area contributed by atoms with Crippen molar-refractivity contribution in [2.45, 2.75) is 20.3 Å². The first kappa shape index (κ1) is 19.7. The fraction of sp³-hybridized carbons (Fsp3) is 0.533. The number of rotatable bonds is 9. The van der Waals surface area contributed by atoms with E-state index in [-0.39, 0.29) is 5.75 Å². The highest BCUT2D eigenvalue weighted by atomic mass is 35.5. The van der Waals surface area contributed by atoms with Gasteiger partial charge in [0.05, 0.1) is 12.3 Å². The molecule has 0 heterocycles. The number of nitrogens with one attached hydrogen (secondary N) is 3. The van der Waals surface area contributed by atoms with Crippen molar-refractivity contribution < 1.29 is 8.42 Å². The van der Waals surface area contributed by atoms with E-state index in [9.17, 15) is 8.42 Å². The van der Waals surface area contributed by atoms with Crippen LogP contribution in [0.3, 0.4) is 0 Å². The van der Waals surface area contributed by atoms with E-state index in [0.717, 1.165) is 24.5 Å². The van der Waals surface area contributed by atoms with Crippen LogP contribution in [0.5, 0.6) is 0 Å². The monoisotopic (exact) mass is 360 g/mol. The van der Waals surface area contributed by atoms with Crippen molar-refractivity contribution in [3.63, 3.8) is 0 Å². The minimum atomic E-state index is -3.16. The Morgan fingerprint density at radius 2 is 1.83 bits per heavy atom. The Balaban J connectivity index is 2.38. The molecule has 0 amide bonds. The number of halogens is 1. The molecule has 0 radical (unpaired) electrons. The van der Waals surface area contributed by atoms with Crippen LogP contribution in [0.25, 0.3) is 0 Å². The average Bonchev–Trinajstić information content (AvgIpc) is 2.53. The van der Waals surface area contributed by atoms with Gasteiger partial charge in [-0.1, -0.05) is 23.7 Å². The van der Waals surface area contributed by atoms with Crippen LogP contribution >= 0.6 is 11.6 Å². The number of hydrogen-bond acceptors (Lipinski definition) is 3. The van der Waals surface area contributed by atoms with Gasteiger partial charge in [0.15, 0.2) is 5.96 Å². The Kier molecular flexibility index (Phi) is 8.98. The van der Waals surface area contributed by atoms with Crippen LogP contribution in [-0.4, -0.2) is 46.3 Å². The first-order valence-electron chi connectivity index (χ1n) is 7.70. The molecule has 1 aromatic rings. The molecule has 0 aliphatic heterocycles. The molecule has 8 heteroatoms. The predicted molar refractivity (Wildman–Crippen MR) is 96.6 cm³/mol. The summed E-state index contributed by atoms with van der Waals surface area (Å²) in [5.41, 5.74) is 1.19.